The van der Waals surface area contributed by atoms with E-state index in [0.29, 0.717) is 11.5 Å². The Morgan fingerprint density at radius 3 is 2.27 bits per heavy atom. The second-order valence-electron chi connectivity index (χ2n) is 14.4. The van der Waals surface area contributed by atoms with E-state index in [0.717, 1.165) is 65.3 Å². The number of rotatable bonds is 10. The Morgan fingerprint density at radius 1 is 0.896 bits per heavy atom. The summed E-state index contributed by atoms with van der Waals surface area (Å²) in [4.78, 5) is 42.9. The minimum absolute atomic E-state index is 0.00277. The van der Waals surface area contributed by atoms with Crippen molar-refractivity contribution in [2.24, 2.45) is 0 Å². The van der Waals surface area contributed by atoms with Crippen LogP contribution in [0.3, 0.4) is 0 Å². The van der Waals surface area contributed by atoms with Crippen molar-refractivity contribution >= 4 is 45.3 Å². The maximum absolute atomic E-state index is 14.1. The molecule has 1 aliphatic carbocycles. The maximum atomic E-state index is 14.1. The second kappa shape index (κ2) is 13.8. The van der Waals surface area contributed by atoms with Gasteiger partial charge in [-0.2, -0.15) is 4.98 Å². The molecule has 0 saturated heterocycles. The number of benzene rings is 3. The first-order chi connectivity index (χ1) is 23.0. The van der Waals surface area contributed by atoms with E-state index in [1.54, 1.807) is 0 Å². The highest BCUT2D eigenvalue weighted by Gasteiger charge is 2.31. The third-order valence-electron chi connectivity index (χ3n) is 9.78. The third kappa shape index (κ3) is 7.08. The minimum Gasteiger partial charge on any atom is -0.362 e. The standard InChI is InChI=1S/C40H48N6O2/c1-7-25-11-10-13-30-33(24-41-36(25)30)32(23-35(47)26-15-17-27(18-16-26)40(2,3)4)38(48)42-28-19-21-29(22-20-28)43-39-44-34-14-9-8-12-31(34)37(45-39)46(5)6/h8-18,24,28-29,32,41H,7,19-23H2,1-6H3,(H,42,48)(H,43,44,45). The number of para-hydroxylation sites is 2. The number of nitrogens with zero attached hydrogens (tertiary/aromatic N) is 3. The number of hydrogen-bond acceptors (Lipinski definition) is 6. The summed E-state index contributed by atoms with van der Waals surface area (Å²) in [6.45, 7) is 8.61. The molecule has 8 nitrogen and oxygen atoms in total. The molecule has 8 heteroatoms. The average molecular weight is 645 g/mol. The normalized spacial score (nSPS) is 17.3. The topological polar surface area (TPSA) is 103 Å². The molecule has 2 heterocycles. The van der Waals surface area contributed by atoms with E-state index in [1.165, 1.54) is 11.1 Å². The largest absolute Gasteiger partial charge is 0.362 e. The van der Waals surface area contributed by atoms with Gasteiger partial charge in [0.25, 0.3) is 0 Å². The van der Waals surface area contributed by atoms with Crippen LogP contribution in [0.5, 0.6) is 0 Å². The number of ketones is 1. The van der Waals surface area contributed by atoms with Gasteiger partial charge in [0, 0.05) is 60.6 Å². The number of Topliss-reactive ketones (excluding diaryl/α,β-unsaturated/α-hetero) is 1. The molecule has 0 radical (unpaired) electrons. The monoisotopic (exact) mass is 644 g/mol. The molecule has 0 bridgehead atoms. The Bertz CT molecular complexity index is 1910. The first-order valence-electron chi connectivity index (χ1n) is 17.3. The van der Waals surface area contributed by atoms with E-state index < -0.39 is 5.92 Å². The molecule has 1 atom stereocenters. The zero-order valence-corrected chi connectivity index (χ0v) is 29.1. The minimum atomic E-state index is -0.605. The van der Waals surface area contributed by atoms with Crippen molar-refractivity contribution in [2.45, 2.75) is 89.6 Å². The van der Waals surface area contributed by atoms with Crippen LogP contribution in [-0.2, 0) is 16.6 Å². The summed E-state index contributed by atoms with van der Waals surface area (Å²) in [7, 11) is 3.99. The van der Waals surface area contributed by atoms with Gasteiger partial charge in [-0.1, -0.05) is 82.3 Å². The number of amides is 1. The molecule has 6 rings (SSSR count). The van der Waals surface area contributed by atoms with Crippen molar-refractivity contribution in [3.05, 3.63) is 95.2 Å². The summed E-state index contributed by atoms with van der Waals surface area (Å²) in [5.74, 6) is 0.786. The highest BCUT2D eigenvalue weighted by atomic mass is 16.2. The van der Waals surface area contributed by atoms with E-state index in [2.05, 4.69) is 55.4 Å². The summed E-state index contributed by atoms with van der Waals surface area (Å²) >= 11 is 0. The number of aromatic amines is 1. The Labute approximate surface area is 283 Å². The van der Waals surface area contributed by atoms with Crippen LogP contribution in [0.2, 0.25) is 0 Å². The maximum Gasteiger partial charge on any atom is 0.228 e. The van der Waals surface area contributed by atoms with Gasteiger partial charge in [-0.25, -0.2) is 4.98 Å². The van der Waals surface area contributed by atoms with Gasteiger partial charge in [0.1, 0.15) is 5.82 Å². The number of H-pyrrole nitrogens is 1. The fourth-order valence-electron chi connectivity index (χ4n) is 6.96. The molecule has 250 valence electrons. The van der Waals surface area contributed by atoms with Crippen LogP contribution < -0.4 is 15.5 Å². The lowest BCUT2D eigenvalue weighted by Gasteiger charge is -2.31. The number of anilines is 2. The highest BCUT2D eigenvalue weighted by Crippen LogP contribution is 2.33. The third-order valence-corrected chi connectivity index (χ3v) is 9.78. The van der Waals surface area contributed by atoms with Crippen LogP contribution in [0, 0.1) is 0 Å². The Balaban J connectivity index is 1.17. The molecular formula is C40H48N6O2. The molecule has 5 aromatic rings. The molecule has 48 heavy (non-hydrogen) atoms. The smallest absolute Gasteiger partial charge is 0.228 e. The van der Waals surface area contributed by atoms with Gasteiger partial charge in [-0.3, -0.25) is 9.59 Å². The zero-order chi connectivity index (χ0) is 34.0. The van der Waals surface area contributed by atoms with E-state index in [1.807, 2.05) is 79.8 Å². The van der Waals surface area contributed by atoms with Crippen LogP contribution in [0.25, 0.3) is 21.8 Å². The van der Waals surface area contributed by atoms with Crippen molar-refractivity contribution < 1.29 is 9.59 Å². The number of carbonyl (C=O) groups is 2. The number of fused-ring (bicyclic) bond motifs is 2. The lowest BCUT2D eigenvalue weighted by Crippen LogP contribution is -2.42. The van der Waals surface area contributed by atoms with Gasteiger partial charge in [0.05, 0.1) is 11.4 Å². The van der Waals surface area contributed by atoms with Gasteiger partial charge < -0.3 is 20.5 Å². The molecule has 1 aliphatic rings. The van der Waals surface area contributed by atoms with Crippen molar-refractivity contribution in [3.8, 4) is 0 Å². The summed E-state index contributed by atoms with van der Waals surface area (Å²) in [5.41, 5.74) is 5.82. The number of nitrogens with one attached hydrogen (secondary N) is 3. The highest BCUT2D eigenvalue weighted by molar-refractivity contribution is 6.02. The van der Waals surface area contributed by atoms with Crippen molar-refractivity contribution in [1.82, 2.24) is 20.3 Å². The van der Waals surface area contributed by atoms with Gasteiger partial charge in [-0.05, 0) is 66.3 Å². The van der Waals surface area contributed by atoms with Gasteiger partial charge in [-0.15, -0.1) is 0 Å². The second-order valence-corrected chi connectivity index (χ2v) is 14.4. The van der Waals surface area contributed by atoms with E-state index in [9.17, 15) is 9.59 Å². The molecule has 3 N–H and O–H groups in total. The Morgan fingerprint density at radius 2 is 1.58 bits per heavy atom. The SMILES string of the molecule is CCc1cccc2c(C(CC(=O)c3ccc(C(C)(C)C)cc3)C(=O)NC3CCC(Nc4nc(N(C)C)c5ccccc5n4)CC3)c[nH]c12. The molecular weight excluding hydrogens is 596 g/mol. The summed E-state index contributed by atoms with van der Waals surface area (Å²) in [6, 6.07) is 22.4. The molecule has 0 aliphatic heterocycles. The van der Waals surface area contributed by atoms with Crippen molar-refractivity contribution in [3.63, 3.8) is 0 Å². The molecule has 1 amide bonds. The first kappa shape index (κ1) is 33.2. The van der Waals surface area contributed by atoms with Crippen molar-refractivity contribution in [2.75, 3.05) is 24.3 Å². The fourth-order valence-corrected chi connectivity index (χ4v) is 6.96. The van der Waals surface area contributed by atoms with Crippen LogP contribution >= 0.6 is 0 Å². The van der Waals surface area contributed by atoms with Crippen LogP contribution in [0.15, 0.2) is 72.9 Å². The van der Waals surface area contributed by atoms with Gasteiger partial charge in [0.15, 0.2) is 5.78 Å². The lowest BCUT2D eigenvalue weighted by molar-refractivity contribution is -0.123. The number of aromatic nitrogens is 3. The molecule has 2 aromatic heterocycles. The van der Waals surface area contributed by atoms with Crippen LogP contribution in [0.1, 0.15) is 92.8 Å². The predicted octanol–water partition coefficient (Wildman–Crippen LogP) is 7.93. The fraction of sp³-hybridized carbons (Fsp3) is 0.400. The summed E-state index contributed by atoms with van der Waals surface area (Å²) < 4.78 is 0. The molecule has 1 saturated carbocycles. The van der Waals surface area contributed by atoms with Crippen molar-refractivity contribution in [1.29, 1.82) is 0 Å². The lowest BCUT2D eigenvalue weighted by atomic mass is 9.85. The van der Waals surface area contributed by atoms with Gasteiger partial charge in [0.2, 0.25) is 11.9 Å². The van der Waals surface area contributed by atoms with E-state index >= 15 is 0 Å². The van der Waals surface area contributed by atoms with E-state index in [-0.39, 0.29) is 35.6 Å². The number of carbonyl (C=O) groups excluding carboxylic acids is 2. The van der Waals surface area contributed by atoms with Crippen LogP contribution in [-0.4, -0.2) is 52.8 Å². The average Bonchev–Trinajstić information content (AvgIpc) is 3.51. The molecule has 1 fully saturated rings. The Kier molecular flexibility index (Phi) is 9.54. The predicted molar refractivity (Wildman–Crippen MR) is 196 cm³/mol. The summed E-state index contributed by atoms with van der Waals surface area (Å²) in [5, 5.41) is 8.94. The number of aryl methyl sites for hydroxylation is 1. The Hall–Kier alpha value is -4.72. The van der Waals surface area contributed by atoms with Crippen LogP contribution in [0.4, 0.5) is 11.8 Å². The van der Waals surface area contributed by atoms with E-state index in [4.69, 9.17) is 9.97 Å². The number of hydrogen-bond donors (Lipinski definition) is 3. The first-order valence-corrected chi connectivity index (χ1v) is 17.3. The quantitative estimate of drug-likeness (QED) is 0.133. The molecule has 3 aromatic carbocycles. The summed E-state index contributed by atoms with van der Waals surface area (Å²) in [6.07, 6.45) is 6.35. The molecule has 0 spiro atoms. The van der Waals surface area contributed by atoms with Gasteiger partial charge >= 0.3 is 0 Å². The molecule has 1 unspecified atom stereocenters. The zero-order valence-electron chi connectivity index (χ0n) is 29.1.